The zero-order valence-electron chi connectivity index (χ0n) is 11.2. The Morgan fingerprint density at radius 2 is 2.00 bits per heavy atom. The van der Waals surface area contributed by atoms with Gasteiger partial charge >= 0.3 is 0 Å². The average Bonchev–Trinajstić information content (AvgIpc) is 2.88. The van der Waals surface area contributed by atoms with Crippen molar-refractivity contribution in [2.75, 3.05) is 0 Å². The Labute approximate surface area is 121 Å². The van der Waals surface area contributed by atoms with Gasteiger partial charge in [0.05, 0.1) is 0 Å². The molecule has 1 aromatic heterocycles. The number of hydrogen-bond donors (Lipinski definition) is 1. The summed E-state index contributed by atoms with van der Waals surface area (Å²) in [5.41, 5.74) is 2.39. The van der Waals surface area contributed by atoms with Crippen molar-refractivity contribution in [3.63, 3.8) is 0 Å². The molecule has 1 N–H and O–H groups in total. The first kappa shape index (κ1) is 13.4. The minimum absolute atomic E-state index is 0.189. The number of rotatable bonds is 4. The molecule has 2 aromatic carbocycles. The molecule has 3 rings (SSSR count). The third kappa shape index (κ3) is 2.65. The summed E-state index contributed by atoms with van der Waals surface area (Å²) in [6.45, 7) is 0. The van der Waals surface area contributed by atoms with Crippen LogP contribution in [-0.4, -0.2) is 11.0 Å². The van der Waals surface area contributed by atoms with Crippen LogP contribution in [0.25, 0.3) is 10.9 Å². The number of aliphatic carboxylic acids is 1. The maximum atomic E-state index is 13.4. The highest BCUT2D eigenvalue weighted by molar-refractivity contribution is 5.85. The summed E-state index contributed by atoms with van der Waals surface area (Å²) in [6.07, 6.45) is 1.59. The van der Waals surface area contributed by atoms with E-state index in [4.69, 9.17) is 0 Å². The van der Waals surface area contributed by atoms with Crippen molar-refractivity contribution >= 4 is 16.9 Å². The van der Waals surface area contributed by atoms with E-state index in [1.807, 2.05) is 24.3 Å². The highest BCUT2D eigenvalue weighted by Crippen LogP contribution is 2.33. The van der Waals surface area contributed by atoms with Crippen molar-refractivity contribution in [2.45, 2.75) is 12.3 Å². The van der Waals surface area contributed by atoms with E-state index >= 15 is 0 Å². The summed E-state index contributed by atoms with van der Waals surface area (Å²) in [5, 5.41) is 12.0. The molecule has 0 amide bonds. The van der Waals surface area contributed by atoms with Gasteiger partial charge in [0.2, 0.25) is 0 Å². The number of carbonyl (C=O) groups excluding carboxylic acids is 1. The zero-order chi connectivity index (χ0) is 14.8. The van der Waals surface area contributed by atoms with Gasteiger partial charge in [-0.3, -0.25) is 0 Å². The summed E-state index contributed by atoms with van der Waals surface area (Å²) in [6, 6.07) is 13.7. The lowest BCUT2D eigenvalue weighted by molar-refractivity contribution is -0.305. The molecule has 1 heterocycles. The van der Waals surface area contributed by atoms with Crippen molar-refractivity contribution in [1.29, 1.82) is 0 Å². The number of benzene rings is 2. The number of aromatic amines is 1. The van der Waals surface area contributed by atoms with Crippen LogP contribution in [0.5, 0.6) is 0 Å². The van der Waals surface area contributed by atoms with Gasteiger partial charge in [-0.1, -0.05) is 30.3 Å². The molecule has 3 aromatic rings. The minimum Gasteiger partial charge on any atom is -0.550 e. The van der Waals surface area contributed by atoms with E-state index in [0.29, 0.717) is 5.56 Å². The number of hydrogen-bond acceptors (Lipinski definition) is 2. The number of carbonyl (C=O) groups is 1. The molecule has 0 bridgehead atoms. The first-order valence-electron chi connectivity index (χ1n) is 6.66. The van der Waals surface area contributed by atoms with Crippen LogP contribution in [0.1, 0.15) is 23.5 Å². The highest BCUT2D eigenvalue weighted by Gasteiger charge is 2.18. The zero-order valence-corrected chi connectivity index (χ0v) is 11.2. The molecule has 0 aliphatic rings. The molecule has 1 atom stereocenters. The summed E-state index contributed by atoms with van der Waals surface area (Å²) in [7, 11) is 0. The van der Waals surface area contributed by atoms with E-state index < -0.39 is 11.9 Å². The van der Waals surface area contributed by atoms with Crippen LogP contribution in [0, 0.1) is 5.82 Å². The predicted octanol–water partition coefficient (Wildman–Crippen LogP) is 2.58. The van der Waals surface area contributed by atoms with Gasteiger partial charge in [-0.05, 0) is 35.7 Å². The first-order valence-corrected chi connectivity index (χ1v) is 6.66. The van der Waals surface area contributed by atoms with Gasteiger partial charge in [0.15, 0.2) is 0 Å². The maximum Gasteiger partial charge on any atom is 0.123 e. The Morgan fingerprint density at radius 3 is 2.76 bits per heavy atom. The first-order chi connectivity index (χ1) is 10.1. The number of aromatic nitrogens is 1. The fourth-order valence-electron chi connectivity index (χ4n) is 2.68. The SMILES string of the molecule is O=C([O-])C[C@H](c1cccc(F)c1)c1c[nH]c2ccccc12. The molecule has 0 aliphatic heterocycles. The Bertz CT molecular complexity index is 794. The van der Waals surface area contributed by atoms with Crippen molar-refractivity contribution < 1.29 is 14.3 Å². The van der Waals surface area contributed by atoms with Crippen molar-refractivity contribution in [1.82, 2.24) is 4.98 Å². The molecule has 21 heavy (non-hydrogen) atoms. The molecule has 3 nitrogen and oxygen atoms in total. The number of carboxylic acids is 1. The van der Waals surface area contributed by atoms with Crippen LogP contribution in [0.4, 0.5) is 4.39 Å². The van der Waals surface area contributed by atoms with Crippen molar-refractivity contribution in [3.05, 3.63) is 71.7 Å². The molecule has 0 saturated heterocycles. The van der Waals surface area contributed by atoms with E-state index in [1.54, 1.807) is 18.3 Å². The van der Waals surface area contributed by atoms with Crippen LogP contribution in [-0.2, 0) is 4.79 Å². The van der Waals surface area contributed by atoms with Gasteiger partial charge in [-0.2, -0.15) is 0 Å². The average molecular weight is 282 g/mol. The van der Waals surface area contributed by atoms with Gasteiger partial charge < -0.3 is 14.9 Å². The van der Waals surface area contributed by atoms with Crippen LogP contribution < -0.4 is 5.11 Å². The molecule has 0 unspecified atom stereocenters. The molecule has 0 fully saturated rings. The summed E-state index contributed by atoms with van der Waals surface area (Å²) >= 11 is 0. The summed E-state index contributed by atoms with van der Waals surface area (Å²) in [4.78, 5) is 14.2. The van der Waals surface area contributed by atoms with Crippen LogP contribution in [0.3, 0.4) is 0 Å². The Balaban J connectivity index is 2.13. The van der Waals surface area contributed by atoms with E-state index in [9.17, 15) is 14.3 Å². The third-order valence-corrected chi connectivity index (χ3v) is 3.62. The third-order valence-electron chi connectivity index (χ3n) is 3.62. The lowest BCUT2D eigenvalue weighted by Crippen LogP contribution is -2.24. The molecule has 0 saturated carbocycles. The van der Waals surface area contributed by atoms with E-state index in [2.05, 4.69) is 4.98 Å². The molecule has 0 aliphatic carbocycles. The summed E-state index contributed by atoms with van der Waals surface area (Å²) < 4.78 is 13.4. The predicted molar refractivity (Wildman–Crippen MR) is 76.2 cm³/mol. The number of H-pyrrole nitrogens is 1. The van der Waals surface area contributed by atoms with Crippen LogP contribution >= 0.6 is 0 Å². The number of carboxylic acid groups (broad SMARTS) is 1. The lowest BCUT2D eigenvalue weighted by Gasteiger charge is -2.18. The molecule has 106 valence electrons. The lowest BCUT2D eigenvalue weighted by atomic mass is 9.88. The van der Waals surface area contributed by atoms with E-state index in [0.717, 1.165) is 16.5 Å². The number of fused-ring (bicyclic) bond motifs is 1. The number of halogens is 1. The highest BCUT2D eigenvalue weighted by atomic mass is 19.1. The monoisotopic (exact) mass is 282 g/mol. The fourth-order valence-corrected chi connectivity index (χ4v) is 2.68. The molecule has 0 spiro atoms. The minimum atomic E-state index is -1.16. The molecule has 4 heteroatoms. The summed E-state index contributed by atoms with van der Waals surface area (Å²) in [5.74, 6) is -1.98. The Morgan fingerprint density at radius 1 is 1.19 bits per heavy atom. The topological polar surface area (TPSA) is 55.9 Å². The van der Waals surface area contributed by atoms with Crippen molar-refractivity contribution in [3.8, 4) is 0 Å². The van der Waals surface area contributed by atoms with E-state index in [1.165, 1.54) is 12.1 Å². The molecular formula is C17H13FNO2-. The maximum absolute atomic E-state index is 13.4. The van der Waals surface area contributed by atoms with Crippen LogP contribution in [0.15, 0.2) is 54.7 Å². The standard InChI is InChI=1S/C17H14FNO2/c18-12-5-3-4-11(8-12)14(9-17(20)21)15-10-19-16-7-2-1-6-13(15)16/h1-8,10,14,19H,9H2,(H,20,21)/p-1/t14-/m1/s1. The van der Waals surface area contributed by atoms with Gasteiger partial charge in [0, 0.05) is 29.0 Å². The molecule has 0 radical (unpaired) electrons. The van der Waals surface area contributed by atoms with Crippen LogP contribution in [0.2, 0.25) is 0 Å². The number of para-hydroxylation sites is 1. The quantitative estimate of drug-likeness (QED) is 0.799. The second-order valence-corrected chi connectivity index (χ2v) is 4.97. The Hall–Kier alpha value is -2.62. The van der Waals surface area contributed by atoms with Gasteiger partial charge in [0.25, 0.3) is 0 Å². The number of nitrogens with one attached hydrogen (secondary N) is 1. The second kappa shape index (κ2) is 5.40. The van der Waals surface area contributed by atoms with Gasteiger partial charge in [0.1, 0.15) is 5.82 Å². The smallest absolute Gasteiger partial charge is 0.123 e. The normalized spacial score (nSPS) is 12.4. The second-order valence-electron chi connectivity index (χ2n) is 4.97. The largest absolute Gasteiger partial charge is 0.550 e. The fraction of sp³-hybridized carbons (Fsp3) is 0.118. The van der Waals surface area contributed by atoms with Crippen molar-refractivity contribution in [2.24, 2.45) is 0 Å². The van der Waals surface area contributed by atoms with Gasteiger partial charge in [-0.25, -0.2) is 4.39 Å². The Kier molecular flexibility index (Phi) is 3.44. The van der Waals surface area contributed by atoms with E-state index in [-0.39, 0.29) is 12.2 Å². The van der Waals surface area contributed by atoms with Gasteiger partial charge in [-0.15, -0.1) is 0 Å². The molecular weight excluding hydrogens is 269 g/mol.